The Bertz CT molecular complexity index is 1000. The van der Waals surface area contributed by atoms with E-state index in [1.54, 1.807) is 0 Å². The Balaban J connectivity index is 0. The van der Waals surface area contributed by atoms with Crippen molar-refractivity contribution in [3.05, 3.63) is 90.3 Å². The minimum Gasteiger partial charge on any atom is -1.00 e. The fraction of sp³-hybridized carbons (Fsp3) is 0.500. The second kappa shape index (κ2) is 23.5. The number of hydrogen-bond donors (Lipinski definition) is 0. The second-order valence-corrected chi connectivity index (χ2v) is 10.1. The van der Waals surface area contributed by atoms with Crippen LogP contribution in [0.15, 0.2) is 73.6 Å². The van der Waals surface area contributed by atoms with Crippen LogP contribution in [-0.2, 0) is 30.0 Å². The molecule has 0 aliphatic heterocycles. The molecule has 0 saturated carbocycles. The topological polar surface area (TPSA) is 91.9 Å². The van der Waals surface area contributed by atoms with E-state index >= 15 is 0 Å². The lowest BCUT2D eigenvalue weighted by Crippen LogP contribution is -3.00. The molecule has 0 fully saturated rings. The monoisotopic (exact) mass is 581 g/mol. The van der Waals surface area contributed by atoms with Gasteiger partial charge in [-0.1, -0.05) is 40.0 Å². The number of aromatic nitrogens is 3. The highest BCUT2D eigenvalue weighted by atomic mass is 35.5. The van der Waals surface area contributed by atoms with Gasteiger partial charge < -0.3 is 21.5 Å². The van der Waals surface area contributed by atoms with E-state index in [9.17, 15) is 0 Å². The van der Waals surface area contributed by atoms with Gasteiger partial charge in [0.05, 0.1) is 0 Å². The van der Waals surface area contributed by atoms with Crippen LogP contribution in [0.25, 0.3) is 0 Å². The molecule has 0 aliphatic rings. The zero-order valence-corrected chi connectivity index (χ0v) is 26.1. The number of rotatable bonds is 9. The van der Waals surface area contributed by atoms with Crippen molar-refractivity contribution in [1.29, 1.82) is 0 Å². The molecule has 0 aliphatic carbocycles. The average Bonchev–Trinajstić information content (AvgIpc) is 2.85. The molecule has 0 aromatic carbocycles. The van der Waals surface area contributed by atoms with E-state index in [2.05, 4.69) is 129 Å². The van der Waals surface area contributed by atoms with Crippen LogP contribution in [0.5, 0.6) is 0 Å². The van der Waals surface area contributed by atoms with Gasteiger partial charge >= 0.3 is 0 Å². The minimum atomic E-state index is -5.17. The average molecular weight is 582 g/mol. The maximum Gasteiger partial charge on any atom is 0.171 e. The molecule has 3 aromatic heterocycles. The lowest BCUT2D eigenvalue weighted by atomic mass is 10.3. The zero-order valence-electron chi connectivity index (χ0n) is 24.6. The summed E-state index contributed by atoms with van der Waals surface area (Å²) in [7, 11) is -5.17. The van der Waals surface area contributed by atoms with Gasteiger partial charge in [0, 0.05) is 64.6 Å². The van der Waals surface area contributed by atoms with Crippen molar-refractivity contribution in [2.45, 2.75) is 99.7 Å². The Morgan fingerprint density at radius 3 is 1.00 bits per heavy atom. The molecule has 0 bridgehead atoms. The maximum absolute atomic E-state index is 8.52. The lowest BCUT2D eigenvalue weighted by Gasteiger charge is -2.06. The highest BCUT2D eigenvalue weighted by Gasteiger charge is 1.98. The van der Waals surface area contributed by atoms with Gasteiger partial charge in [-0.15, -0.1) is 0 Å². The number of pyridine rings is 3. The largest absolute Gasteiger partial charge is 1.00 e. The minimum absolute atomic E-state index is 0. The maximum atomic E-state index is 8.52. The number of unbranched alkanes of at least 4 members (excludes halogenated alkanes) is 3. The Hall–Kier alpha value is -2.39. The van der Waals surface area contributed by atoms with E-state index in [4.69, 9.17) is 17.5 Å². The summed E-state index contributed by atoms with van der Waals surface area (Å²) in [6.07, 6.45) is 20.6. The Kier molecular flexibility index (Phi) is 23.3. The first kappa shape index (κ1) is 38.8. The quantitative estimate of drug-likeness (QED) is 0.219. The van der Waals surface area contributed by atoms with Gasteiger partial charge in [0.2, 0.25) is 0 Å². The molecule has 3 aromatic rings. The molecular weight excluding hydrogens is 534 g/mol. The smallest absolute Gasteiger partial charge is 0.171 e. The normalized spacial score (nSPS) is 9.95. The molecule has 3 heterocycles. The first-order chi connectivity index (χ1) is 18.0. The van der Waals surface area contributed by atoms with E-state index in [0.717, 1.165) is 19.6 Å². The predicted octanol–water partition coefficient (Wildman–Crippen LogP) is 1.91. The van der Waals surface area contributed by atoms with Crippen molar-refractivity contribution in [3.63, 3.8) is 0 Å². The molecule has 3 rings (SSSR count). The Morgan fingerprint density at radius 1 is 0.590 bits per heavy atom. The Labute approximate surface area is 243 Å². The molecule has 0 amide bonds. The van der Waals surface area contributed by atoms with Crippen LogP contribution in [0.3, 0.4) is 0 Å². The highest BCUT2D eigenvalue weighted by molar-refractivity contribution is 7.79. The molecule has 0 saturated heterocycles. The third-order valence-corrected chi connectivity index (χ3v) is 5.33. The van der Waals surface area contributed by atoms with Crippen LogP contribution in [0, 0.1) is 20.8 Å². The lowest BCUT2D eigenvalue weighted by molar-refractivity contribution is -0.697. The summed E-state index contributed by atoms with van der Waals surface area (Å²) in [5, 5.41) is 0. The van der Waals surface area contributed by atoms with Crippen LogP contribution < -0.4 is 26.1 Å². The third kappa shape index (κ3) is 25.6. The summed E-state index contributed by atoms with van der Waals surface area (Å²) in [5.41, 5.74) is 4.01. The van der Waals surface area contributed by atoms with Crippen LogP contribution in [0.2, 0.25) is 0 Å². The van der Waals surface area contributed by atoms with Crippen LogP contribution in [0.1, 0.15) is 76.0 Å². The summed E-state index contributed by atoms with van der Waals surface area (Å²) >= 11 is 0. The molecule has 7 nitrogen and oxygen atoms in total. The summed E-state index contributed by atoms with van der Waals surface area (Å²) in [5.74, 6) is 0. The molecule has 0 spiro atoms. The third-order valence-electron chi connectivity index (χ3n) is 5.33. The highest BCUT2D eigenvalue weighted by Crippen LogP contribution is 1.93. The van der Waals surface area contributed by atoms with Gasteiger partial charge in [-0.05, 0) is 39.0 Å². The fourth-order valence-corrected chi connectivity index (χ4v) is 3.40. The van der Waals surface area contributed by atoms with Gasteiger partial charge in [-0.3, -0.25) is 8.42 Å². The van der Waals surface area contributed by atoms with E-state index in [1.165, 1.54) is 55.2 Å². The first-order valence-corrected chi connectivity index (χ1v) is 14.9. The SMILES string of the molecule is CCCC[n+]1cccc(C)c1.CCCC[n+]1cccc(C)c1.CCCC[n+]1cccc(C)c1.O=S(=O)([O-])[O-].[Cl-]. The van der Waals surface area contributed by atoms with Gasteiger partial charge in [0.15, 0.2) is 37.2 Å². The molecule has 0 unspecified atom stereocenters. The molecule has 0 radical (unpaired) electrons. The van der Waals surface area contributed by atoms with Gasteiger partial charge in [0.25, 0.3) is 0 Å². The second-order valence-electron chi connectivity index (χ2n) is 9.33. The van der Waals surface area contributed by atoms with Crippen LogP contribution >= 0.6 is 0 Å². The van der Waals surface area contributed by atoms with E-state index in [0.29, 0.717) is 0 Å². The Morgan fingerprint density at radius 2 is 0.821 bits per heavy atom. The molecular formula is C30H48ClN3O4S. The molecule has 39 heavy (non-hydrogen) atoms. The number of nitrogens with zero attached hydrogens (tertiary/aromatic N) is 3. The standard InChI is InChI=1S/3C10H16N.ClH.H2O4S/c3*1-3-4-7-11-8-5-6-10(2)9-11;;1-5(2,3)4/h3*5-6,8-9H,3-4,7H2,1-2H3;1H;(H2,1,2,3,4)/q3*+1;;/p-3. The molecule has 220 valence electrons. The predicted molar refractivity (Wildman–Crippen MR) is 149 cm³/mol. The van der Waals surface area contributed by atoms with Crippen molar-refractivity contribution in [1.82, 2.24) is 0 Å². The van der Waals surface area contributed by atoms with E-state index < -0.39 is 10.4 Å². The number of hydrogen-bond acceptors (Lipinski definition) is 4. The number of aryl methyl sites for hydroxylation is 6. The fourth-order valence-electron chi connectivity index (χ4n) is 3.40. The van der Waals surface area contributed by atoms with Gasteiger partial charge in [-0.25, -0.2) is 13.7 Å². The van der Waals surface area contributed by atoms with Crippen molar-refractivity contribution in [3.8, 4) is 0 Å². The van der Waals surface area contributed by atoms with Crippen molar-refractivity contribution in [2.24, 2.45) is 0 Å². The summed E-state index contributed by atoms with van der Waals surface area (Å²) < 4.78 is 40.8. The summed E-state index contributed by atoms with van der Waals surface area (Å²) in [6.45, 7) is 16.5. The van der Waals surface area contributed by atoms with E-state index in [1.807, 2.05) is 0 Å². The van der Waals surface area contributed by atoms with Crippen LogP contribution in [-0.4, -0.2) is 17.5 Å². The molecule has 0 atom stereocenters. The van der Waals surface area contributed by atoms with Gasteiger partial charge in [0.1, 0.15) is 19.6 Å². The van der Waals surface area contributed by atoms with E-state index in [-0.39, 0.29) is 12.4 Å². The number of halogens is 1. The summed E-state index contributed by atoms with van der Waals surface area (Å²) in [4.78, 5) is 0. The first-order valence-electron chi connectivity index (χ1n) is 13.5. The zero-order chi connectivity index (χ0) is 28.8. The van der Waals surface area contributed by atoms with Crippen molar-refractivity contribution >= 4 is 10.4 Å². The molecule has 0 N–H and O–H groups in total. The van der Waals surface area contributed by atoms with Crippen LogP contribution in [0.4, 0.5) is 0 Å². The summed E-state index contributed by atoms with van der Waals surface area (Å²) in [6, 6.07) is 12.7. The van der Waals surface area contributed by atoms with Gasteiger partial charge in [-0.2, -0.15) is 0 Å². The van der Waals surface area contributed by atoms with Crippen molar-refractivity contribution in [2.75, 3.05) is 0 Å². The van der Waals surface area contributed by atoms with Crippen molar-refractivity contribution < 1.29 is 43.6 Å². The molecule has 9 heteroatoms.